The van der Waals surface area contributed by atoms with Crippen LogP contribution in [0.4, 0.5) is 0 Å². The Morgan fingerprint density at radius 1 is 1.36 bits per heavy atom. The van der Waals surface area contributed by atoms with Gasteiger partial charge < -0.3 is 0 Å². The first-order chi connectivity index (χ1) is 10.5. The fourth-order valence-corrected chi connectivity index (χ4v) is 3.09. The van der Waals surface area contributed by atoms with Gasteiger partial charge in [-0.1, -0.05) is 40.2 Å². The average molecular weight is 358 g/mol. The Kier molecular flexibility index (Phi) is 5.74. The van der Waals surface area contributed by atoms with Crippen molar-refractivity contribution >= 4 is 32.3 Å². The SMILES string of the molecule is C/C=C(/Br)c1cc(C#N)c(C)cc1/C=C/C1CCC(=O)CC1. The van der Waals surface area contributed by atoms with Gasteiger partial charge in [0.05, 0.1) is 11.6 Å². The first-order valence-electron chi connectivity index (χ1n) is 7.62. The van der Waals surface area contributed by atoms with Crippen LogP contribution in [0.1, 0.15) is 54.9 Å². The van der Waals surface area contributed by atoms with E-state index in [1.54, 1.807) is 0 Å². The molecule has 1 aliphatic rings. The summed E-state index contributed by atoms with van der Waals surface area (Å²) in [5, 5.41) is 9.21. The summed E-state index contributed by atoms with van der Waals surface area (Å²) in [6.07, 6.45) is 9.64. The molecule has 1 aromatic carbocycles. The third-order valence-electron chi connectivity index (χ3n) is 4.16. The molecule has 114 valence electrons. The van der Waals surface area contributed by atoms with Crippen molar-refractivity contribution < 1.29 is 4.79 Å². The smallest absolute Gasteiger partial charge is 0.132 e. The molecule has 0 N–H and O–H groups in total. The van der Waals surface area contributed by atoms with E-state index in [-0.39, 0.29) is 0 Å². The van der Waals surface area contributed by atoms with E-state index in [4.69, 9.17) is 0 Å². The van der Waals surface area contributed by atoms with Crippen LogP contribution in [-0.4, -0.2) is 5.78 Å². The normalized spacial score (nSPS) is 17.0. The summed E-state index contributed by atoms with van der Waals surface area (Å²) in [6.45, 7) is 3.93. The lowest BCUT2D eigenvalue weighted by atomic mass is 9.87. The van der Waals surface area contributed by atoms with Gasteiger partial charge in [-0.05, 0) is 55.4 Å². The highest BCUT2D eigenvalue weighted by molar-refractivity contribution is 9.15. The van der Waals surface area contributed by atoms with Crippen LogP contribution in [0.3, 0.4) is 0 Å². The van der Waals surface area contributed by atoms with E-state index in [0.717, 1.165) is 34.0 Å². The number of halogens is 1. The first-order valence-corrected chi connectivity index (χ1v) is 8.41. The van der Waals surface area contributed by atoms with Gasteiger partial charge in [0.1, 0.15) is 5.78 Å². The molecule has 0 aliphatic heterocycles. The molecule has 1 aromatic rings. The van der Waals surface area contributed by atoms with Gasteiger partial charge in [0.2, 0.25) is 0 Å². The number of rotatable bonds is 3. The number of carbonyl (C=O) groups is 1. The van der Waals surface area contributed by atoms with Gasteiger partial charge in [0.25, 0.3) is 0 Å². The lowest BCUT2D eigenvalue weighted by molar-refractivity contribution is -0.120. The summed E-state index contributed by atoms with van der Waals surface area (Å²) in [7, 11) is 0. The van der Waals surface area contributed by atoms with Crippen LogP contribution in [0.5, 0.6) is 0 Å². The predicted molar refractivity (Wildman–Crippen MR) is 94.5 cm³/mol. The number of nitrogens with zero attached hydrogens (tertiary/aromatic N) is 1. The van der Waals surface area contributed by atoms with E-state index < -0.39 is 0 Å². The maximum absolute atomic E-state index is 11.3. The van der Waals surface area contributed by atoms with Crippen molar-refractivity contribution in [3.8, 4) is 6.07 Å². The van der Waals surface area contributed by atoms with Crippen LogP contribution in [0, 0.1) is 24.2 Å². The quantitative estimate of drug-likeness (QED) is 0.726. The van der Waals surface area contributed by atoms with Crippen molar-refractivity contribution in [3.05, 3.63) is 46.5 Å². The largest absolute Gasteiger partial charge is 0.300 e. The van der Waals surface area contributed by atoms with Crippen molar-refractivity contribution in [1.82, 2.24) is 0 Å². The minimum Gasteiger partial charge on any atom is -0.300 e. The molecule has 0 unspecified atom stereocenters. The van der Waals surface area contributed by atoms with E-state index in [0.29, 0.717) is 30.1 Å². The highest BCUT2D eigenvalue weighted by Gasteiger charge is 2.16. The van der Waals surface area contributed by atoms with Gasteiger partial charge in [0, 0.05) is 17.3 Å². The van der Waals surface area contributed by atoms with E-state index in [2.05, 4.69) is 40.2 Å². The van der Waals surface area contributed by atoms with Gasteiger partial charge in [0.15, 0.2) is 0 Å². The predicted octanol–water partition coefficient (Wildman–Crippen LogP) is 5.39. The Morgan fingerprint density at radius 2 is 2.05 bits per heavy atom. The molecule has 22 heavy (non-hydrogen) atoms. The molecule has 1 fully saturated rings. The molecule has 3 heteroatoms. The van der Waals surface area contributed by atoms with Crippen LogP contribution in [0.25, 0.3) is 10.6 Å². The fourth-order valence-electron chi connectivity index (χ4n) is 2.75. The fraction of sp³-hybridized carbons (Fsp3) is 0.368. The second kappa shape index (κ2) is 7.56. The van der Waals surface area contributed by atoms with Crippen LogP contribution < -0.4 is 0 Å². The molecule has 0 amide bonds. The van der Waals surface area contributed by atoms with Crippen LogP contribution >= 0.6 is 15.9 Å². The average Bonchev–Trinajstić information content (AvgIpc) is 2.53. The molecule has 0 saturated heterocycles. The van der Waals surface area contributed by atoms with E-state index in [1.165, 1.54) is 0 Å². The van der Waals surface area contributed by atoms with Crippen molar-refractivity contribution in [2.24, 2.45) is 5.92 Å². The second-order valence-corrected chi connectivity index (χ2v) is 6.59. The molecule has 1 saturated carbocycles. The van der Waals surface area contributed by atoms with Crippen molar-refractivity contribution in [2.45, 2.75) is 39.5 Å². The minimum absolute atomic E-state index is 0.385. The number of carbonyl (C=O) groups excluding carboxylic acids is 1. The number of ketones is 1. The summed E-state index contributed by atoms with van der Waals surface area (Å²) in [6, 6.07) is 6.24. The Bertz CT molecular complexity index is 669. The Balaban J connectivity index is 2.31. The number of benzene rings is 1. The van der Waals surface area contributed by atoms with Gasteiger partial charge in [-0.2, -0.15) is 5.26 Å². The highest BCUT2D eigenvalue weighted by atomic mass is 79.9. The zero-order valence-corrected chi connectivity index (χ0v) is 14.6. The summed E-state index contributed by atoms with van der Waals surface area (Å²) in [5.41, 5.74) is 3.83. The molecule has 2 nitrogen and oxygen atoms in total. The monoisotopic (exact) mass is 357 g/mol. The summed E-state index contributed by atoms with van der Waals surface area (Å²) in [5.74, 6) is 0.863. The molecule has 0 spiro atoms. The molecule has 0 radical (unpaired) electrons. The third-order valence-corrected chi connectivity index (χ3v) is 5.05. The summed E-state index contributed by atoms with van der Waals surface area (Å²) in [4.78, 5) is 11.3. The maximum Gasteiger partial charge on any atom is 0.132 e. The number of hydrogen-bond donors (Lipinski definition) is 0. The van der Waals surface area contributed by atoms with Crippen LogP contribution in [0.15, 0.2) is 24.3 Å². The van der Waals surface area contributed by atoms with E-state index in [9.17, 15) is 10.1 Å². The molecule has 0 aromatic heterocycles. The summed E-state index contributed by atoms with van der Waals surface area (Å²) < 4.78 is 0.988. The third kappa shape index (κ3) is 3.96. The Hall–Kier alpha value is -1.66. The molecular weight excluding hydrogens is 338 g/mol. The number of allylic oxidation sites excluding steroid dienone is 2. The number of aryl methyl sites for hydroxylation is 1. The Morgan fingerprint density at radius 3 is 2.64 bits per heavy atom. The van der Waals surface area contributed by atoms with Crippen LogP contribution in [0.2, 0.25) is 0 Å². The number of nitriles is 1. The topological polar surface area (TPSA) is 40.9 Å². The number of hydrogen-bond acceptors (Lipinski definition) is 2. The minimum atomic E-state index is 0.385. The van der Waals surface area contributed by atoms with E-state index >= 15 is 0 Å². The van der Waals surface area contributed by atoms with Gasteiger partial charge in [-0.25, -0.2) is 0 Å². The van der Waals surface area contributed by atoms with Gasteiger partial charge in [-0.15, -0.1) is 0 Å². The molecule has 0 atom stereocenters. The zero-order chi connectivity index (χ0) is 16.1. The molecular formula is C19H20BrNO. The van der Waals surface area contributed by atoms with Crippen molar-refractivity contribution in [2.75, 3.05) is 0 Å². The second-order valence-electron chi connectivity index (χ2n) is 5.74. The first kappa shape index (κ1) is 16.7. The molecule has 0 heterocycles. The lowest BCUT2D eigenvalue weighted by Gasteiger charge is -2.17. The van der Waals surface area contributed by atoms with Gasteiger partial charge >= 0.3 is 0 Å². The lowest BCUT2D eigenvalue weighted by Crippen LogP contribution is -2.11. The van der Waals surface area contributed by atoms with Crippen LogP contribution in [-0.2, 0) is 4.79 Å². The van der Waals surface area contributed by atoms with E-state index in [1.807, 2.05) is 26.0 Å². The van der Waals surface area contributed by atoms with Crippen molar-refractivity contribution in [1.29, 1.82) is 5.26 Å². The Labute approximate surface area is 140 Å². The van der Waals surface area contributed by atoms with Gasteiger partial charge in [-0.3, -0.25) is 4.79 Å². The molecule has 2 rings (SSSR count). The van der Waals surface area contributed by atoms with Crippen molar-refractivity contribution in [3.63, 3.8) is 0 Å². The number of Topliss-reactive ketones (excluding diaryl/α,β-unsaturated/α-hetero) is 1. The molecule has 0 bridgehead atoms. The summed E-state index contributed by atoms with van der Waals surface area (Å²) >= 11 is 3.57. The zero-order valence-electron chi connectivity index (χ0n) is 13.0. The molecule has 1 aliphatic carbocycles. The maximum atomic E-state index is 11.3. The highest BCUT2D eigenvalue weighted by Crippen LogP contribution is 2.30. The standard InChI is InChI=1S/C19H20BrNO/c1-3-19(20)18-11-16(12-21)13(2)10-15(18)7-4-14-5-8-17(22)9-6-14/h3-4,7,10-11,14H,5-6,8-9H2,1-2H3/b7-4+,19-3+.